The van der Waals surface area contributed by atoms with E-state index in [1.807, 2.05) is 0 Å². The van der Waals surface area contributed by atoms with Crippen molar-refractivity contribution in [1.29, 1.82) is 0 Å². The number of hydrogen-bond acceptors (Lipinski definition) is 1. The Kier molecular flexibility index (Phi) is 5.90. The zero-order valence-corrected chi connectivity index (χ0v) is 14.1. The zero-order valence-electron chi connectivity index (χ0n) is 12.6. The van der Waals surface area contributed by atoms with E-state index in [0.29, 0.717) is 10.6 Å². The van der Waals surface area contributed by atoms with Gasteiger partial charge in [0.25, 0.3) is 0 Å². The van der Waals surface area contributed by atoms with Crippen molar-refractivity contribution in [3.05, 3.63) is 68.5 Å². The van der Waals surface area contributed by atoms with Crippen LogP contribution in [0, 0.1) is 29.1 Å². The highest BCUT2D eigenvalue weighted by Gasteiger charge is 2.27. The van der Waals surface area contributed by atoms with Crippen LogP contribution in [0.5, 0.6) is 0 Å². The molecule has 134 valence electrons. The lowest BCUT2D eigenvalue weighted by molar-refractivity contribution is -0.121. The van der Waals surface area contributed by atoms with Crippen LogP contribution < -0.4 is 5.32 Å². The van der Waals surface area contributed by atoms with Gasteiger partial charge in [0.1, 0.15) is 0 Å². The van der Waals surface area contributed by atoms with Gasteiger partial charge in [-0.2, -0.15) is 0 Å². The average molecular weight is 398 g/mol. The summed E-state index contributed by atoms with van der Waals surface area (Å²) >= 11 is 11.7. The Hall–Kier alpha value is -1.86. The normalized spacial score (nSPS) is 12.2. The first-order valence-corrected chi connectivity index (χ1v) is 7.63. The third kappa shape index (κ3) is 4.04. The van der Waals surface area contributed by atoms with Gasteiger partial charge in [-0.3, -0.25) is 4.79 Å². The maximum atomic E-state index is 13.6. The highest BCUT2D eigenvalue weighted by molar-refractivity contribution is 6.35. The monoisotopic (exact) mass is 397 g/mol. The van der Waals surface area contributed by atoms with Crippen molar-refractivity contribution in [1.82, 2.24) is 5.32 Å². The highest BCUT2D eigenvalue weighted by atomic mass is 35.5. The molecule has 25 heavy (non-hydrogen) atoms. The number of benzene rings is 2. The van der Waals surface area contributed by atoms with Crippen LogP contribution in [0.25, 0.3) is 0 Å². The molecule has 2 aromatic carbocycles. The zero-order chi connectivity index (χ0) is 18.9. The van der Waals surface area contributed by atoms with E-state index < -0.39 is 53.0 Å². The molecule has 0 bridgehead atoms. The summed E-state index contributed by atoms with van der Waals surface area (Å²) in [4.78, 5) is 11.9. The van der Waals surface area contributed by atoms with Gasteiger partial charge < -0.3 is 5.32 Å². The Morgan fingerprint density at radius 2 is 1.52 bits per heavy atom. The van der Waals surface area contributed by atoms with Crippen LogP contribution >= 0.6 is 23.2 Å². The van der Waals surface area contributed by atoms with E-state index in [4.69, 9.17) is 23.2 Å². The van der Waals surface area contributed by atoms with E-state index in [9.17, 15) is 26.7 Å². The number of carbonyl (C=O) groups excluding carboxylic acids is 1. The van der Waals surface area contributed by atoms with Crippen molar-refractivity contribution in [2.24, 2.45) is 0 Å². The molecule has 0 aliphatic carbocycles. The molecule has 2 nitrogen and oxygen atoms in total. The molecule has 0 radical (unpaired) electrons. The van der Waals surface area contributed by atoms with E-state index in [-0.39, 0.29) is 5.02 Å². The first-order chi connectivity index (χ1) is 11.6. The largest absolute Gasteiger partial charge is 0.349 e. The lowest BCUT2D eigenvalue weighted by Crippen LogP contribution is -2.29. The minimum Gasteiger partial charge on any atom is -0.349 e. The SMILES string of the molecule is CC(NC(=O)Cc1c(F)c(F)c(F)c(F)c1F)c1ccc(Cl)cc1Cl. The van der Waals surface area contributed by atoms with E-state index in [0.717, 1.165) is 0 Å². The van der Waals surface area contributed by atoms with Gasteiger partial charge in [-0.15, -0.1) is 0 Å². The van der Waals surface area contributed by atoms with Crippen molar-refractivity contribution in [2.75, 3.05) is 0 Å². The van der Waals surface area contributed by atoms with Crippen LogP contribution in [0.3, 0.4) is 0 Å². The molecule has 0 aliphatic heterocycles. The number of nitrogens with one attached hydrogen (secondary N) is 1. The van der Waals surface area contributed by atoms with Gasteiger partial charge in [0.05, 0.1) is 12.5 Å². The molecule has 0 aliphatic rings. The van der Waals surface area contributed by atoms with Crippen LogP contribution in [-0.4, -0.2) is 5.91 Å². The molecule has 1 N–H and O–H groups in total. The Bertz CT molecular complexity index is 815. The highest BCUT2D eigenvalue weighted by Crippen LogP contribution is 2.27. The molecule has 0 spiro atoms. The lowest BCUT2D eigenvalue weighted by Gasteiger charge is -2.16. The number of rotatable bonds is 4. The molecule has 2 rings (SSSR count). The van der Waals surface area contributed by atoms with Crippen molar-refractivity contribution in [3.63, 3.8) is 0 Å². The minimum absolute atomic E-state index is 0.247. The van der Waals surface area contributed by atoms with Crippen molar-refractivity contribution >= 4 is 29.1 Å². The Labute approximate surface area is 149 Å². The van der Waals surface area contributed by atoms with E-state index >= 15 is 0 Å². The number of amides is 1. The fourth-order valence-electron chi connectivity index (χ4n) is 2.19. The summed E-state index contributed by atoms with van der Waals surface area (Å²) in [5.41, 5.74) is -0.736. The summed E-state index contributed by atoms with van der Waals surface area (Å²) in [5.74, 6) is -11.5. The Morgan fingerprint density at radius 3 is 2.04 bits per heavy atom. The smallest absolute Gasteiger partial charge is 0.225 e. The fourth-order valence-corrected chi connectivity index (χ4v) is 2.76. The first-order valence-electron chi connectivity index (χ1n) is 6.88. The van der Waals surface area contributed by atoms with Gasteiger partial charge in [-0.25, -0.2) is 22.0 Å². The summed E-state index contributed by atoms with van der Waals surface area (Å²) in [6, 6.07) is 3.81. The maximum Gasteiger partial charge on any atom is 0.225 e. The van der Waals surface area contributed by atoms with Crippen molar-refractivity contribution in [3.8, 4) is 0 Å². The molecular weight excluding hydrogens is 388 g/mol. The summed E-state index contributed by atoms with van der Waals surface area (Å²) in [6.45, 7) is 1.53. The molecule has 1 amide bonds. The Morgan fingerprint density at radius 1 is 1.00 bits per heavy atom. The number of carbonyl (C=O) groups is 1. The van der Waals surface area contributed by atoms with E-state index in [1.165, 1.54) is 25.1 Å². The molecule has 0 heterocycles. The quantitative estimate of drug-likeness (QED) is 0.433. The Balaban J connectivity index is 2.21. The number of halogens is 7. The van der Waals surface area contributed by atoms with Gasteiger partial charge in [0, 0.05) is 15.6 Å². The second kappa shape index (κ2) is 7.58. The van der Waals surface area contributed by atoms with Crippen molar-refractivity contribution < 1.29 is 26.7 Å². The second-order valence-electron chi connectivity index (χ2n) is 5.18. The minimum atomic E-state index is -2.28. The average Bonchev–Trinajstić information content (AvgIpc) is 2.55. The molecule has 9 heteroatoms. The van der Waals surface area contributed by atoms with Gasteiger partial charge >= 0.3 is 0 Å². The summed E-state index contributed by atoms with van der Waals surface area (Å²) in [5, 5.41) is 2.99. The van der Waals surface area contributed by atoms with Gasteiger partial charge in [-0.1, -0.05) is 29.3 Å². The van der Waals surface area contributed by atoms with E-state index in [2.05, 4.69) is 5.32 Å². The van der Waals surface area contributed by atoms with Crippen LogP contribution in [0.2, 0.25) is 10.0 Å². The molecule has 1 unspecified atom stereocenters. The second-order valence-corrected chi connectivity index (χ2v) is 6.02. The summed E-state index contributed by atoms with van der Waals surface area (Å²) < 4.78 is 66.5. The van der Waals surface area contributed by atoms with Crippen LogP contribution in [0.4, 0.5) is 22.0 Å². The molecule has 2 aromatic rings. The predicted molar refractivity (Wildman–Crippen MR) is 83.0 cm³/mol. The molecule has 0 aromatic heterocycles. The van der Waals surface area contributed by atoms with Gasteiger partial charge in [0.2, 0.25) is 11.7 Å². The topological polar surface area (TPSA) is 29.1 Å². The summed E-state index contributed by atoms with van der Waals surface area (Å²) in [6.07, 6.45) is -1.03. The standard InChI is InChI=1S/C16H10Cl2F5NO/c1-6(8-3-2-7(17)4-10(8)18)24-11(25)5-9-12(19)14(21)16(23)15(22)13(9)20/h2-4,6H,5H2,1H3,(H,24,25). The molecule has 0 fully saturated rings. The van der Waals surface area contributed by atoms with Crippen LogP contribution in [0.15, 0.2) is 18.2 Å². The lowest BCUT2D eigenvalue weighted by atomic mass is 10.1. The third-order valence-electron chi connectivity index (χ3n) is 3.44. The molecular formula is C16H10Cl2F5NO. The van der Waals surface area contributed by atoms with Gasteiger partial charge in [-0.05, 0) is 24.6 Å². The van der Waals surface area contributed by atoms with Crippen LogP contribution in [0.1, 0.15) is 24.1 Å². The van der Waals surface area contributed by atoms with Crippen molar-refractivity contribution in [2.45, 2.75) is 19.4 Å². The predicted octanol–water partition coefficient (Wildman–Crippen LogP) is 5.11. The third-order valence-corrected chi connectivity index (χ3v) is 4.01. The number of hydrogen-bond donors (Lipinski definition) is 1. The van der Waals surface area contributed by atoms with Gasteiger partial charge in [0.15, 0.2) is 23.3 Å². The van der Waals surface area contributed by atoms with E-state index in [1.54, 1.807) is 0 Å². The maximum absolute atomic E-state index is 13.6. The summed E-state index contributed by atoms with van der Waals surface area (Å²) in [7, 11) is 0. The molecule has 0 saturated heterocycles. The first kappa shape index (κ1) is 19.5. The fraction of sp³-hybridized carbons (Fsp3) is 0.188. The van der Waals surface area contributed by atoms with Crippen LogP contribution in [-0.2, 0) is 11.2 Å². The molecule has 0 saturated carbocycles. The molecule has 1 atom stereocenters.